The molecule has 2 nitrogen and oxygen atoms in total. The fourth-order valence-corrected chi connectivity index (χ4v) is 2.10. The zero-order valence-electron chi connectivity index (χ0n) is 8.36. The summed E-state index contributed by atoms with van der Waals surface area (Å²) in [7, 11) is 1.82. The third-order valence-corrected chi connectivity index (χ3v) is 3.09. The van der Waals surface area contributed by atoms with Crippen molar-refractivity contribution in [2.45, 2.75) is 32.6 Å². The van der Waals surface area contributed by atoms with E-state index in [4.69, 9.17) is 4.74 Å². The summed E-state index contributed by atoms with van der Waals surface area (Å²) in [6, 6.07) is 0. The van der Waals surface area contributed by atoms with Crippen LogP contribution in [0.15, 0.2) is 0 Å². The molecule has 72 valence electrons. The van der Waals surface area contributed by atoms with Gasteiger partial charge in [-0.15, -0.1) is 0 Å². The van der Waals surface area contributed by atoms with Gasteiger partial charge in [0.25, 0.3) is 0 Å². The molecule has 0 aromatic rings. The second-order valence-corrected chi connectivity index (χ2v) is 3.89. The molecule has 0 saturated carbocycles. The van der Waals surface area contributed by atoms with E-state index in [1.165, 1.54) is 32.2 Å². The molecule has 0 amide bonds. The van der Waals surface area contributed by atoms with Gasteiger partial charge in [-0.25, -0.2) is 0 Å². The molecule has 1 aliphatic rings. The van der Waals surface area contributed by atoms with E-state index in [0.29, 0.717) is 5.41 Å². The fraction of sp³-hybridized carbons (Fsp3) is 1.00. The van der Waals surface area contributed by atoms with Crippen molar-refractivity contribution in [3.8, 4) is 0 Å². The van der Waals surface area contributed by atoms with Crippen molar-refractivity contribution in [3.05, 3.63) is 0 Å². The van der Waals surface area contributed by atoms with E-state index in [-0.39, 0.29) is 0 Å². The Morgan fingerprint density at radius 2 is 2.17 bits per heavy atom. The molecule has 12 heavy (non-hydrogen) atoms. The highest BCUT2D eigenvalue weighted by atomic mass is 16.5. The first kappa shape index (κ1) is 10.0. The Bertz CT molecular complexity index is 117. The van der Waals surface area contributed by atoms with Crippen LogP contribution in [-0.4, -0.2) is 26.8 Å². The van der Waals surface area contributed by atoms with Crippen LogP contribution in [-0.2, 0) is 4.74 Å². The number of ether oxygens (including phenoxy) is 1. The largest absolute Gasteiger partial charge is 0.384 e. The van der Waals surface area contributed by atoms with Crippen molar-refractivity contribution < 1.29 is 4.74 Å². The van der Waals surface area contributed by atoms with Gasteiger partial charge in [-0.2, -0.15) is 0 Å². The molecule has 0 bridgehead atoms. The van der Waals surface area contributed by atoms with E-state index < -0.39 is 0 Å². The molecular weight excluding hydrogens is 150 g/mol. The van der Waals surface area contributed by atoms with E-state index in [2.05, 4.69) is 12.2 Å². The summed E-state index contributed by atoms with van der Waals surface area (Å²) in [5.74, 6) is 0. The molecule has 0 spiro atoms. The van der Waals surface area contributed by atoms with Crippen molar-refractivity contribution in [2.75, 3.05) is 26.8 Å². The van der Waals surface area contributed by atoms with Gasteiger partial charge in [0.15, 0.2) is 0 Å². The smallest absolute Gasteiger partial charge is 0.0519 e. The van der Waals surface area contributed by atoms with E-state index in [1.54, 1.807) is 0 Å². The second-order valence-electron chi connectivity index (χ2n) is 3.89. The minimum atomic E-state index is 0.470. The maximum atomic E-state index is 5.30. The number of nitrogens with one attached hydrogen (secondary N) is 1. The Kier molecular flexibility index (Phi) is 4.02. The molecule has 0 radical (unpaired) electrons. The molecule has 0 aromatic heterocycles. The lowest BCUT2D eigenvalue weighted by Gasteiger charge is -2.30. The van der Waals surface area contributed by atoms with E-state index in [0.717, 1.165) is 13.2 Å². The highest BCUT2D eigenvalue weighted by Crippen LogP contribution is 2.33. The molecular formula is C10H21NO. The van der Waals surface area contributed by atoms with Gasteiger partial charge in [0.1, 0.15) is 0 Å². The first-order valence-corrected chi connectivity index (χ1v) is 5.03. The minimum Gasteiger partial charge on any atom is -0.384 e. The molecule has 1 heterocycles. The van der Waals surface area contributed by atoms with Crippen LogP contribution in [0.5, 0.6) is 0 Å². The van der Waals surface area contributed by atoms with Crippen LogP contribution >= 0.6 is 0 Å². The van der Waals surface area contributed by atoms with Crippen LogP contribution in [0.2, 0.25) is 0 Å². The third-order valence-electron chi connectivity index (χ3n) is 3.09. The van der Waals surface area contributed by atoms with Crippen molar-refractivity contribution >= 4 is 0 Å². The summed E-state index contributed by atoms with van der Waals surface area (Å²) in [5, 5.41) is 3.44. The Morgan fingerprint density at radius 3 is 2.83 bits per heavy atom. The molecule has 1 saturated heterocycles. The molecule has 1 unspecified atom stereocenters. The minimum absolute atomic E-state index is 0.470. The molecule has 1 aliphatic heterocycles. The van der Waals surface area contributed by atoms with Gasteiger partial charge in [-0.3, -0.25) is 0 Å². The Morgan fingerprint density at radius 1 is 1.33 bits per heavy atom. The lowest BCUT2D eigenvalue weighted by molar-refractivity contribution is 0.0657. The van der Waals surface area contributed by atoms with Crippen molar-refractivity contribution in [3.63, 3.8) is 0 Å². The van der Waals surface area contributed by atoms with Gasteiger partial charge >= 0.3 is 0 Å². The third kappa shape index (κ3) is 2.46. The molecule has 0 aromatic carbocycles. The zero-order chi connectivity index (χ0) is 8.86. The summed E-state index contributed by atoms with van der Waals surface area (Å²) in [4.78, 5) is 0. The van der Waals surface area contributed by atoms with Gasteiger partial charge in [0.2, 0.25) is 0 Å². The first-order chi connectivity index (χ1) is 5.83. The van der Waals surface area contributed by atoms with Crippen molar-refractivity contribution in [1.82, 2.24) is 5.32 Å². The molecule has 1 N–H and O–H groups in total. The summed E-state index contributed by atoms with van der Waals surface area (Å²) < 4.78 is 5.30. The standard InChI is InChI=1S/C10H21NO/c1-3-10(9-12-2)5-4-7-11-8-6-10/h11H,3-9H2,1-2H3. The Labute approximate surface area is 75.7 Å². The number of hydrogen-bond donors (Lipinski definition) is 1. The lowest BCUT2D eigenvalue weighted by Crippen LogP contribution is -2.27. The molecule has 0 aliphatic carbocycles. The van der Waals surface area contributed by atoms with Crippen LogP contribution in [0, 0.1) is 5.41 Å². The highest BCUT2D eigenvalue weighted by molar-refractivity contribution is 4.81. The fourth-order valence-electron chi connectivity index (χ4n) is 2.10. The maximum absolute atomic E-state index is 5.30. The Hall–Kier alpha value is -0.0800. The normalized spacial score (nSPS) is 31.5. The maximum Gasteiger partial charge on any atom is 0.0519 e. The molecule has 2 heteroatoms. The van der Waals surface area contributed by atoms with Crippen LogP contribution in [0.4, 0.5) is 0 Å². The average molecular weight is 171 g/mol. The quantitative estimate of drug-likeness (QED) is 0.699. The highest BCUT2D eigenvalue weighted by Gasteiger charge is 2.28. The number of hydrogen-bond acceptors (Lipinski definition) is 2. The lowest BCUT2D eigenvalue weighted by atomic mass is 9.79. The van der Waals surface area contributed by atoms with E-state index in [9.17, 15) is 0 Å². The molecule has 1 fully saturated rings. The predicted molar refractivity (Wildman–Crippen MR) is 51.3 cm³/mol. The van der Waals surface area contributed by atoms with E-state index >= 15 is 0 Å². The van der Waals surface area contributed by atoms with Gasteiger partial charge < -0.3 is 10.1 Å². The molecule has 1 rings (SSSR count). The monoisotopic (exact) mass is 171 g/mol. The van der Waals surface area contributed by atoms with Gasteiger partial charge in [-0.1, -0.05) is 6.92 Å². The Balaban J connectivity index is 2.48. The number of rotatable bonds is 3. The van der Waals surface area contributed by atoms with Crippen LogP contribution in [0.3, 0.4) is 0 Å². The van der Waals surface area contributed by atoms with Crippen molar-refractivity contribution in [2.24, 2.45) is 5.41 Å². The molecule has 1 atom stereocenters. The van der Waals surface area contributed by atoms with Crippen LogP contribution in [0.1, 0.15) is 32.6 Å². The summed E-state index contributed by atoms with van der Waals surface area (Å²) in [6.07, 6.45) is 5.15. The van der Waals surface area contributed by atoms with Crippen LogP contribution in [0.25, 0.3) is 0 Å². The summed E-state index contributed by atoms with van der Waals surface area (Å²) in [6.45, 7) is 5.57. The van der Waals surface area contributed by atoms with Crippen LogP contribution < -0.4 is 5.32 Å². The second kappa shape index (κ2) is 4.83. The summed E-state index contributed by atoms with van der Waals surface area (Å²) >= 11 is 0. The van der Waals surface area contributed by atoms with Gasteiger partial charge in [0.05, 0.1) is 6.61 Å². The van der Waals surface area contributed by atoms with Gasteiger partial charge in [-0.05, 0) is 44.2 Å². The first-order valence-electron chi connectivity index (χ1n) is 5.03. The van der Waals surface area contributed by atoms with Crippen molar-refractivity contribution in [1.29, 1.82) is 0 Å². The van der Waals surface area contributed by atoms with Gasteiger partial charge in [0, 0.05) is 7.11 Å². The SMILES string of the molecule is CCC1(COC)CCCNCC1. The average Bonchev–Trinajstić information content (AvgIpc) is 2.32. The van der Waals surface area contributed by atoms with E-state index in [1.807, 2.05) is 7.11 Å². The number of methoxy groups -OCH3 is 1. The topological polar surface area (TPSA) is 21.3 Å². The summed E-state index contributed by atoms with van der Waals surface area (Å²) in [5.41, 5.74) is 0.470. The zero-order valence-corrected chi connectivity index (χ0v) is 8.36. The predicted octanol–water partition coefficient (Wildman–Crippen LogP) is 1.80.